The van der Waals surface area contributed by atoms with E-state index in [1.165, 1.54) is 16.9 Å². The molecule has 5 nitrogen and oxygen atoms in total. The third-order valence-corrected chi connectivity index (χ3v) is 4.03. The molecule has 2 aromatic carbocycles. The van der Waals surface area contributed by atoms with Crippen molar-refractivity contribution < 1.29 is 4.74 Å². The second kappa shape index (κ2) is 7.61. The molecule has 24 heavy (non-hydrogen) atoms. The largest absolute Gasteiger partial charge is 0.489 e. The van der Waals surface area contributed by atoms with Crippen LogP contribution < -0.4 is 15.9 Å². The molecule has 0 aliphatic carbocycles. The van der Waals surface area contributed by atoms with Crippen LogP contribution in [0.2, 0.25) is 0 Å². The van der Waals surface area contributed by atoms with Gasteiger partial charge >= 0.3 is 0 Å². The maximum atomic E-state index is 5.80. The van der Waals surface area contributed by atoms with Gasteiger partial charge < -0.3 is 10.5 Å². The van der Waals surface area contributed by atoms with Crippen molar-refractivity contribution in [3.05, 3.63) is 70.6 Å². The number of nitrogen functional groups attached to an aromatic ring is 1. The van der Waals surface area contributed by atoms with Crippen LogP contribution >= 0.6 is 11.3 Å². The van der Waals surface area contributed by atoms with Gasteiger partial charge in [-0.15, -0.1) is 11.3 Å². The Hall–Kier alpha value is -2.86. The number of hydrogen-bond acceptors (Lipinski definition) is 6. The van der Waals surface area contributed by atoms with Crippen molar-refractivity contribution >= 4 is 28.5 Å². The topological polar surface area (TPSA) is 72.5 Å². The Morgan fingerprint density at radius 1 is 1.25 bits per heavy atom. The van der Waals surface area contributed by atoms with Crippen molar-refractivity contribution in [1.82, 2.24) is 4.98 Å². The zero-order valence-corrected chi connectivity index (χ0v) is 14.1. The summed E-state index contributed by atoms with van der Waals surface area (Å²) in [4.78, 5) is 4.07. The fourth-order valence-electron chi connectivity index (χ4n) is 2.12. The summed E-state index contributed by atoms with van der Waals surface area (Å²) in [5.41, 5.74) is 11.8. The molecule has 3 aromatic rings. The molecular formula is C18H18N4OS. The summed E-state index contributed by atoms with van der Waals surface area (Å²) < 4.78 is 5.80. The van der Waals surface area contributed by atoms with E-state index >= 15 is 0 Å². The van der Waals surface area contributed by atoms with Gasteiger partial charge in [0, 0.05) is 5.38 Å². The molecule has 0 atom stereocenters. The molecule has 6 heteroatoms. The molecule has 0 saturated heterocycles. The van der Waals surface area contributed by atoms with Gasteiger partial charge in [0.05, 0.1) is 6.21 Å². The monoisotopic (exact) mass is 338 g/mol. The normalized spacial score (nSPS) is 10.9. The van der Waals surface area contributed by atoms with Crippen molar-refractivity contribution in [2.24, 2.45) is 5.10 Å². The van der Waals surface area contributed by atoms with Gasteiger partial charge in [-0.05, 0) is 42.3 Å². The van der Waals surface area contributed by atoms with Crippen LogP contribution in [0.1, 0.15) is 16.7 Å². The van der Waals surface area contributed by atoms with Gasteiger partial charge in [-0.25, -0.2) is 4.98 Å². The second-order valence-electron chi connectivity index (χ2n) is 5.29. The highest BCUT2D eigenvalue weighted by molar-refractivity contribution is 7.14. The lowest BCUT2D eigenvalue weighted by Crippen LogP contribution is -1.96. The van der Waals surface area contributed by atoms with E-state index in [2.05, 4.69) is 40.6 Å². The van der Waals surface area contributed by atoms with Crippen LogP contribution in [0.3, 0.4) is 0 Å². The summed E-state index contributed by atoms with van der Waals surface area (Å²) >= 11 is 1.41. The maximum absolute atomic E-state index is 5.80. The Bertz CT molecular complexity index is 827. The van der Waals surface area contributed by atoms with Crippen molar-refractivity contribution in [3.8, 4) is 5.75 Å². The Balaban J connectivity index is 1.53. The smallest absolute Gasteiger partial charge is 0.205 e. The van der Waals surface area contributed by atoms with Gasteiger partial charge in [-0.1, -0.05) is 29.8 Å². The lowest BCUT2D eigenvalue weighted by atomic mass is 10.1. The molecule has 0 fully saturated rings. The van der Waals surface area contributed by atoms with E-state index in [-0.39, 0.29) is 0 Å². The summed E-state index contributed by atoms with van der Waals surface area (Å²) in [7, 11) is 0. The fraction of sp³-hybridized carbons (Fsp3) is 0.111. The molecule has 1 aromatic heterocycles. The number of hydrazone groups is 1. The van der Waals surface area contributed by atoms with Crippen LogP contribution in [0.25, 0.3) is 0 Å². The third-order valence-electron chi connectivity index (χ3n) is 3.26. The quantitative estimate of drug-likeness (QED) is 0.525. The number of nitrogens with one attached hydrogen (secondary N) is 1. The standard InChI is InChI=1S/C18H18N4OS/c1-13-3-2-4-15(9-13)11-23-16-7-5-14(6-8-16)10-20-22-18-21-17(19)12-24-18/h2-10,12H,11,19H2,1H3,(H,21,22). The molecule has 0 saturated carbocycles. The Labute approximate surface area is 144 Å². The van der Waals surface area contributed by atoms with E-state index in [0.29, 0.717) is 17.6 Å². The van der Waals surface area contributed by atoms with E-state index in [1.807, 2.05) is 30.3 Å². The van der Waals surface area contributed by atoms with E-state index in [4.69, 9.17) is 10.5 Å². The Morgan fingerprint density at radius 2 is 2.08 bits per heavy atom. The van der Waals surface area contributed by atoms with Gasteiger partial charge in [0.15, 0.2) is 0 Å². The average molecular weight is 338 g/mol. The predicted molar refractivity (Wildman–Crippen MR) is 99.7 cm³/mol. The number of benzene rings is 2. The van der Waals surface area contributed by atoms with Crippen LogP contribution in [0.4, 0.5) is 10.9 Å². The first-order valence-electron chi connectivity index (χ1n) is 7.47. The summed E-state index contributed by atoms with van der Waals surface area (Å²) in [6.45, 7) is 2.63. The highest BCUT2D eigenvalue weighted by atomic mass is 32.1. The Morgan fingerprint density at radius 3 is 2.79 bits per heavy atom. The number of hydrogen-bond donors (Lipinski definition) is 2. The minimum absolute atomic E-state index is 0.493. The molecule has 0 amide bonds. The number of rotatable bonds is 6. The number of thiazole rings is 1. The summed E-state index contributed by atoms with van der Waals surface area (Å²) in [6, 6.07) is 16.1. The number of aryl methyl sites for hydroxylation is 1. The first-order valence-corrected chi connectivity index (χ1v) is 8.35. The van der Waals surface area contributed by atoms with Gasteiger partial charge in [0.2, 0.25) is 5.13 Å². The SMILES string of the molecule is Cc1cccc(COc2ccc(C=NNc3nc(N)cs3)cc2)c1. The third kappa shape index (κ3) is 4.57. The van der Waals surface area contributed by atoms with Crippen molar-refractivity contribution in [2.45, 2.75) is 13.5 Å². The molecule has 0 bridgehead atoms. The molecule has 122 valence electrons. The molecule has 3 N–H and O–H groups in total. The second-order valence-corrected chi connectivity index (χ2v) is 6.15. The van der Waals surface area contributed by atoms with E-state index < -0.39 is 0 Å². The van der Waals surface area contributed by atoms with Gasteiger partial charge in [0.25, 0.3) is 0 Å². The van der Waals surface area contributed by atoms with Gasteiger partial charge in [-0.3, -0.25) is 5.43 Å². The summed E-state index contributed by atoms with van der Waals surface area (Å²) in [5.74, 6) is 1.32. The highest BCUT2D eigenvalue weighted by Crippen LogP contribution is 2.17. The molecule has 0 aliphatic rings. The van der Waals surface area contributed by atoms with E-state index in [9.17, 15) is 0 Å². The van der Waals surface area contributed by atoms with Crippen LogP contribution in [0, 0.1) is 6.92 Å². The molecule has 0 radical (unpaired) electrons. The van der Waals surface area contributed by atoms with Crippen LogP contribution in [-0.4, -0.2) is 11.2 Å². The maximum Gasteiger partial charge on any atom is 0.205 e. The zero-order chi connectivity index (χ0) is 16.8. The number of anilines is 2. The van der Waals surface area contributed by atoms with Crippen molar-refractivity contribution in [3.63, 3.8) is 0 Å². The van der Waals surface area contributed by atoms with Crippen molar-refractivity contribution in [1.29, 1.82) is 0 Å². The number of nitrogens with zero attached hydrogens (tertiary/aromatic N) is 2. The fourth-order valence-corrected chi connectivity index (χ4v) is 2.67. The highest BCUT2D eigenvalue weighted by Gasteiger charge is 1.98. The van der Waals surface area contributed by atoms with E-state index in [1.54, 1.807) is 11.6 Å². The van der Waals surface area contributed by atoms with Crippen molar-refractivity contribution in [2.75, 3.05) is 11.2 Å². The van der Waals surface area contributed by atoms with Gasteiger partial charge in [0.1, 0.15) is 18.2 Å². The first kappa shape index (κ1) is 16.0. The average Bonchev–Trinajstić information content (AvgIpc) is 3.00. The van der Waals surface area contributed by atoms with Crippen LogP contribution in [-0.2, 0) is 6.61 Å². The molecule has 0 unspecified atom stereocenters. The molecular weight excluding hydrogens is 320 g/mol. The predicted octanol–water partition coefficient (Wildman–Crippen LogP) is 4.06. The lowest BCUT2D eigenvalue weighted by Gasteiger charge is -2.07. The van der Waals surface area contributed by atoms with Gasteiger partial charge in [-0.2, -0.15) is 5.10 Å². The molecule has 0 spiro atoms. The van der Waals surface area contributed by atoms with Crippen LogP contribution in [0.15, 0.2) is 59.0 Å². The number of aromatic nitrogens is 1. The molecule has 0 aliphatic heterocycles. The zero-order valence-electron chi connectivity index (χ0n) is 13.3. The minimum Gasteiger partial charge on any atom is -0.489 e. The Kier molecular flexibility index (Phi) is 5.08. The molecule has 1 heterocycles. The first-order chi connectivity index (χ1) is 11.7. The number of nitrogens with two attached hydrogens (primary N) is 1. The summed E-state index contributed by atoms with van der Waals surface area (Å²) in [5, 5.41) is 6.57. The van der Waals surface area contributed by atoms with E-state index in [0.717, 1.165) is 16.9 Å². The molecule has 3 rings (SSSR count). The number of ether oxygens (including phenoxy) is 1. The minimum atomic E-state index is 0.493. The van der Waals surface area contributed by atoms with Crippen LogP contribution in [0.5, 0.6) is 5.75 Å². The lowest BCUT2D eigenvalue weighted by molar-refractivity contribution is 0.306. The summed E-state index contributed by atoms with van der Waals surface area (Å²) in [6.07, 6.45) is 1.72.